The molecule has 0 aliphatic carbocycles. The molecule has 0 unspecified atom stereocenters. The number of carbonyl (C=O) groups excluding carboxylic acids is 2. The summed E-state index contributed by atoms with van der Waals surface area (Å²) in [6, 6.07) is 11.7. The number of hydrogen-bond acceptors (Lipinski definition) is 3. The summed E-state index contributed by atoms with van der Waals surface area (Å²) in [6.45, 7) is 1.88. The quantitative estimate of drug-likeness (QED) is 0.589. The largest absolute Gasteiger partial charge is 0.397 e. The maximum Gasteiger partial charge on any atom is 0.314 e. The molecular formula is C15H14ClN3O2. The summed E-state index contributed by atoms with van der Waals surface area (Å²) in [7, 11) is 0. The van der Waals surface area contributed by atoms with E-state index < -0.39 is 11.8 Å². The number of nitrogens with one attached hydrogen (secondary N) is 2. The molecule has 21 heavy (non-hydrogen) atoms. The highest BCUT2D eigenvalue weighted by atomic mass is 35.5. The SMILES string of the molecule is Cc1ccc(NC(=O)C(=O)Nc2cccc(Cl)c2)c(N)c1. The van der Waals surface area contributed by atoms with E-state index in [1.807, 2.05) is 6.92 Å². The zero-order chi connectivity index (χ0) is 15.4. The molecular weight excluding hydrogens is 290 g/mol. The molecule has 0 aliphatic rings. The number of nitrogen functional groups attached to an aromatic ring is 1. The topological polar surface area (TPSA) is 84.2 Å². The van der Waals surface area contributed by atoms with Gasteiger partial charge in [-0.25, -0.2) is 0 Å². The lowest BCUT2D eigenvalue weighted by atomic mass is 10.2. The first-order valence-electron chi connectivity index (χ1n) is 6.20. The van der Waals surface area contributed by atoms with Crippen LogP contribution in [0.1, 0.15) is 5.56 Å². The first-order chi connectivity index (χ1) is 9.95. The van der Waals surface area contributed by atoms with Gasteiger partial charge in [0.15, 0.2) is 0 Å². The van der Waals surface area contributed by atoms with Crippen molar-refractivity contribution < 1.29 is 9.59 Å². The minimum absolute atomic E-state index is 0.395. The number of anilines is 3. The van der Waals surface area contributed by atoms with Gasteiger partial charge < -0.3 is 16.4 Å². The van der Waals surface area contributed by atoms with E-state index in [0.717, 1.165) is 5.56 Å². The number of aryl methyl sites for hydroxylation is 1. The van der Waals surface area contributed by atoms with Gasteiger partial charge in [-0.1, -0.05) is 23.7 Å². The molecule has 2 rings (SSSR count). The van der Waals surface area contributed by atoms with Crippen molar-refractivity contribution >= 4 is 40.5 Å². The minimum Gasteiger partial charge on any atom is -0.397 e. The molecule has 0 fully saturated rings. The Bertz CT molecular complexity index is 701. The van der Waals surface area contributed by atoms with Crippen LogP contribution in [0.2, 0.25) is 5.02 Å². The van der Waals surface area contributed by atoms with Crippen molar-refractivity contribution in [1.82, 2.24) is 0 Å². The van der Waals surface area contributed by atoms with Gasteiger partial charge in [-0.2, -0.15) is 0 Å². The highest BCUT2D eigenvalue weighted by molar-refractivity contribution is 6.44. The Morgan fingerprint density at radius 2 is 1.76 bits per heavy atom. The molecule has 0 saturated heterocycles. The van der Waals surface area contributed by atoms with Gasteiger partial charge >= 0.3 is 11.8 Å². The Labute approximate surface area is 127 Å². The Morgan fingerprint density at radius 1 is 1.05 bits per heavy atom. The van der Waals surface area contributed by atoms with Crippen LogP contribution in [0.15, 0.2) is 42.5 Å². The Hall–Kier alpha value is -2.53. The third kappa shape index (κ3) is 3.97. The van der Waals surface area contributed by atoms with Crippen molar-refractivity contribution in [2.24, 2.45) is 0 Å². The van der Waals surface area contributed by atoms with Crippen LogP contribution in [-0.2, 0) is 9.59 Å². The third-order valence-electron chi connectivity index (χ3n) is 2.74. The van der Waals surface area contributed by atoms with Gasteiger partial charge in [0.05, 0.1) is 11.4 Å². The fraction of sp³-hybridized carbons (Fsp3) is 0.0667. The van der Waals surface area contributed by atoms with Crippen molar-refractivity contribution in [2.75, 3.05) is 16.4 Å². The van der Waals surface area contributed by atoms with E-state index in [9.17, 15) is 9.59 Å². The summed E-state index contributed by atoms with van der Waals surface area (Å²) in [4.78, 5) is 23.6. The average Bonchev–Trinajstić information content (AvgIpc) is 2.41. The van der Waals surface area contributed by atoms with Crippen molar-refractivity contribution in [2.45, 2.75) is 6.92 Å². The highest BCUT2D eigenvalue weighted by Gasteiger charge is 2.15. The molecule has 2 amide bonds. The summed E-state index contributed by atoms with van der Waals surface area (Å²) >= 11 is 5.80. The maximum atomic E-state index is 11.8. The van der Waals surface area contributed by atoms with Crippen LogP contribution >= 0.6 is 11.6 Å². The lowest BCUT2D eigenvalue weighted by molar-refractivity contribution is -0.132. The number of amides is 2. The molecule has 0 aliphatic heterocycles. The van der Waals surface area contributed by atoms with Crippen LogP contribution in [0.5, 0.6) is 0 Å². The van der Waals surface area contributed by atoms with Crippen LogP contribution in [0.3, 0.4) is 0 Å². The normalized spacial score (nSPS) is 10.0. The monoisotopic (exact) mass is 303 g/mol. The molecule has 6 heteroatoms. The van der Waals surface area contributed by atoms with Crippen molar-refractivity contribution in [1.29, 1.82) is 0 Å². The van der Waals surface area contributed by atoms with Gasteiger partial charge in [0.2, 0.25) is 0 Å². The van der Waals surface area contributed by atoms with Gasteiger partial charge in [0.25, 0.3) is 0 Å². The van der Waals surface area contributed by atoms with Crippen LogP contribution < -0.4 is 16.4 Å². The number of carbonyl (C=O) groups is 2. The van der Waals surface area contributed by atoms with Crippen LogP contribution in [0.4, 0.5) is 17.1 Å². The van der Waals surface area contributed by atoms with Crippen molar-refractivity contribution in [3.63, 3.8) is 0 Å². The van der Waals surface area contributed by atoms with E-state index in [1.165, 1.54) is 0 Å². The fourth-order valence-electron chi connectivity index (χ4n) is 1.73. The summed E-state index contributed by atoms with van der Waals surface area (Å²) in [6.07, 6.45) is 0. The molecule has 0 saturated carbocycles. The van der Waals surface area contributed by atoms with Crippen molar-refractivity contribution in [3.8, 4) is 0 Å². The first kappa shape index (κ1) is 14.9. The summed E-state index contributed by atoms with van der Waals surface area (Å²) in [5.41, 5.74) is 7.99. The van der Waals surface area contributed by atoms with E-state index in [-0.39, 0.29) is 0 Å². The summed E-state index contributed by atoms with van der Waals surface area (Å²) in [5, 5.41) is 5.39. The molecule has 2 aromatic rings. The summed E-state index contributed by atoms with van der Waals surface area (Å²) in [5.74, 6) is -1.59. The maximum absolute atomic E-state index is 11.8. The Balaban J connectivity index is 2.04. The number of benzene rings is 2. The van der Waals surface area contributed by atoms with Gasteiger partial charge in [0, 0.05) is 10.7 Å². The standard InChI is InChI=1S/C15H14ClN3O2/c1-9-5-6-13(12(17)7-9)19-15(21)14(20)18-11-4-2-3-10(16)8-11/h2-8H,17H2,1H3,(H,18,20)(H,19,21). The Kier molecular flexibility index (Phi) is 4.45. The van der Waals surface area contributed by atoms with Gasteiger partial charge in [0.1, 0.15) is 0 Å². The molecule has 0 spiro atoms. The zero-order valence-electron chi connectivity index (χ0n) is 11.3. The zero-order valence-corrected chi connectivity index (χ0v) is 12.1. The highest BCUT2D eigenvalue weighted by Crippen LogP contribution is 2.19. The average molecular weight is 304 g/mol. The van der Waals surface area contributed by atoms with E-state index in [4.69, 9.17) is 17.3 Å². The molecule has 0 heterocycles. The van der Waals surface area contributed by atoms with E-state index in [1.54, 1.807) is 42.5 Å². The third-order valence-corrected chi connectivity index (χ3v) is 2.98. The molecule has 0 atom stereocenters. The predicted octanol–water partition coefficient (Wildman–Crippen LogP) is 2.81. The second-order valence-electron chi connectivity index (χ2n) is 4.51. The molecule has 108 valence electrons. The minimum atomic E-state index is -0.800. The first-order valence-corrected chi connectivity index (χ1v) is 6.57. The van der Waals surface area contributed by atoms with Gasteiger partial charge in [-0.15, -0.1) is 0 Å². The van der Waals surface area contributed by atoms with Gasteiger partial charge in [-0.3, -0.25) is 9.59 Å². The molecule has 2 aromatic carbocycles. The number of rotatable bonds is 2. The van der Waals surface area contributed by atoms with Crippen LogP contribution in [0.25, 0.3) is 0 Å². The Morgan fingerprint density at radius 3 is 2.43 bits per heavy atom. The van der Waals surface area contributed by atoms with E-state index >= 15 is 0 Å². The second kappa shape index (κ2) is 6.28. The smallest absolute Gasteiger partial charge is 0.314 e. The lowest BCUT2D eigenvalue weighted by Gasteiger charge is -2.09. The van der Waals surface area contributed by atoms with E-state index in [2.05, 4.69) is 10.6 Å². The number of halogens is 1. The molecule has 4 N–H and O–H groups in total. The molecule has 0 radical (unpaired) electrons. The predicted molar refractivity (Wildman–Crippen MR) is 84.3 cm³/mol. The fourth-order valence-corrected chi connectivity index (χ4v) is 1.92. The lowest BCUT2D eigenvalue weighted by Crippen LogP contribution is -2.29. The van der Waals surface area contributed by atoms with E-state index in [0.29, 0.717) is 22.1 Å². The molecule has 5 nitrogen and oxygen atoms in total. The molecule has 0 aromatic heterocycles. The number of nitrogens with two attached hydrogens (primary N) is 1. The number of hydrogen-bond donors (Lipinski definition) is 3. The van der Waals surface area contributed by atoms with Crippen LogP contribution in [-0.4, -0.2) is 11.8 Å². The van der Waals surface area contributed by atoms with Gasteiger partial charge in [-0.05, 0) is 42.8 Å². The summed E-state index contributed by atoms with van der Waals surface area (Å²) < 4.78 is 0. The van der Waals surface area contributed by atoms with Crippen molar-refractivity contribution in [3.05, 3.63) is 53.1 Å². The second-order valence-corrected chi connectivity index (χ2v) is 4.95. The molecule has 0 bridgehead atoms. The van der Waals surface area contributed by atoms with Crippen LogP contribution in [0, 0.1) is 6.92 Å².